The molecule has 5 rings (SSSR count). The summed E-state index contributed by atoms with van der Waals surface area (Å²) in [6.45, 7) is 19.0. The number of imidazole rings is 1. The van der Waals surface area contributed by atoms with Crippen molar-refractivity contribution >= 4 is 62.6 Å². The first kappa shape index (κ1) is 32.5. The number of nitrogen functional groups attached to an aromatic ring is 1. The zero-order valence-electron chi connectivity index (χ0n) is 26.6. The van der Waals surface area contributed by atoms with Crippen LogP contribution in [0.3, 0.4) is 0 Å². The van der Waals surface area contributed by atoms with Gasteiger partial charge in [0.05, 0.1) is 12.0 Å². The Bertz CT molecular complexity index is 1420. The van der Waals surface area contributed by atoms with E-state index in [1.807, 2.05) is 6.26 Å². The molecule has 5 heterocycles. The van der Waals surface area contributed by atoms with E-state index in [1.165, 1.54) is 18.1 Å². The van der Waals surface area contributed by atoms with Crippen LogP contribution in [0.2, 0.25) is 27.8 Å². The molecule has 4 atom stereocenters. The number of rotatable bonds is 7. The van der Waals surface area contributed by atoms with Crippen LogP contribution in [0.25, 0.3) is 11.0 Å². The molecule has 0 aliphatic carbocycles. The SMILES string of the molecule is CSc1nn([C@@H]2O[C@H]3CO[Si](C(C)C)(C(C)C)C[Si](C(C)C)(C(C)C)O[C@H]3[C@H]2OC(=S)n2ccnc2)c2ncnc(N)c12. The Balaban J connectivity index is 1.66. The van der Waals surface area contributed by atoms with Crippen LogP contribution < -0.4 is 5.73 Å². The summed E-state index contributed by atoms with van der Waals surface area (Å²) in [7, 11) is -4.76. The second-order valence-electron chi connectivity index (χ2n) is 12.9. The third-order valence-electron chi connectivity index (χ3n) is 9.49. The van der Waals surface area contributed by atoms with Crippen LogP contribution in [0.15, 0.2) is 30.1 Å². The Morgan fingerprint density at radius 3 is 2.33 bits per heavy atom. The second kappa shape index (κ2) is 12.5. The van der Waals surface area contributed by atoms with Gasteiger partial charge in [0.1, 0.15) is 35.7 Å². The smallest absolute Gasteiger partial charge is 0.269 e. The Morgan fingerprint density at radius 2 is 1.74 bits per heavy atom. The lowest BCUT2D eigenvalue weighted by atomic mass is 10.1. The summed E-state index contributed by atoms with van der Waals surface area (Å²) >= 11 is 7.26. The van der Waals surface area contributed by atoms with Gasteiger partial charge in [-0.3, -0.25) is 4.57 Å². The molecule has 0 unspecified atom stereocenters. The average molecular weight is 664 g/mol. The van der Waals surface area contributed by atoms with Crippen LogP contribution >= 0.6 is 24.0 Å². The van der Waals surface area contributed by atoms with E-state index >= 15 is 0 Å². The largest absolute Gasteiger partial charge is 0.459 e. The Hall–Kier alpha value is -1.89. The van der Waals surface area contributed by atoms with Crippen molar-refractivity contribution in [1.82, 2.24) is 29.3 Å². The summed E-state index contributed by atoms with van der Waals surface area (Å²) in [5.74, 6) is 0.367. The maximum Gasteiger partial charge on any atom is 0.269 e. The first-order chi connectivity index (χ1) is 20.4. The first-order valence-electron chi connectivity index (χ1n) is 15.0. The normalized spacial score (nSPS) is 25.4. The summed E-state index contributed by atoms with van der Waals surface area (Å²) < 4.78 is 31.8. The predicted molar refractivity (Wildman–Crippen MR) is 178 cm³/mol. The van der Waals surface area contributed by atoms with Crippen LogP contribution in [0.1, 0.15) is 61.6 Å². The average Bonchev–Trinajstić information content (AvgIpc) is 3.67. The van der Waals surface area contributed by atoms with E-state index in [4.69, 9.17) is 41.4 Å². The fraction of sp³-hybridized carbons (Fsp3) is 0.679. The summed E-state index contributed by atoms with van der Waals surface area (Å²) in [5, 5.41) is 6.58. The third-order valence-corrected chi connectivity index (χ3v) is 24.1. The molecule has 0 amide bonds. The molecule has 0 radical (unpaired) electrons. The maximum atomic E-state index is 7.59. The van der Waals surface area contributed by atoms with E-state index in [0.29, 0.717) is 50.6 Å². The maximum absolute atomic E-state index is 7.59. The Kier molecular flexibility index (Phi) is 9.44. The summed E-state index contributed by atoms with van der Waals surface area (Å²) in [6.07, 6.45) is 6.30. The molecule has 0 spiro atoms. The first-order valence-corrected chi connectivity index (χ1v) is 21.2. The van der Waals surface area contributed by atoms with Crippen molar-refractivity contribution in [3.8, 4) is 0 Å². The summed E-state index contributed by atoms with van der Waals surface area (Å²) in [5.41, 5.74) is 9.45. The number of fused-ring (bicyclic) bond motifs is 2. The van der Waals surface area contributed by atoms with Crippen molar-refractivity contribution in [3.05, 3.63) is 25.0 Å². The van der Waals surface area contributed by atoms with Crippen LogP contribution in [0.4, 0.5) is 5.82 Å². The molecule has 15 heteroatoms. The van der Waals surface area contributed by atoms with Gasteiger partial charge in [-0.05, 0) is 46.3 Å². The number of aromatic nitrogens is 6. The highest BCUT2D eigenvalue weighted by molar-refractivity contribution is 7.98. The third kappa shape index (κ3) is 5.59. The van der Waals surface area contributed by atoms with Gasteiger partial charge in [0.25, 0.3) is 5.17 Å². The highest BCUT2D eigenvalue weighted by Gasteiger charge is 2.61. The molecule has 2 aliphatic rings. The van der Waals surface area contributed by atoms with Gasteiger partial charge < -0.3 is 24.1 Å². The molecular formula is C28H45N7O4S2Si2. The molecule has 0 saturated carbocycles. The number of nitrogens with zero attached hydrogens (tertiary/aromatic N) is 6. The van der Waals surface area contributed by atoms with E-state index in [1.54, 1.807) is 28.0 Å². The van der Waals surface area contributed by atoms with Gasteiger partial charge in [-0.15, -0.1) is 11.8 Å². The molecule has 3 aromatic rings. The number of hydrogen-bond acceptors (Lipinski definition) is 11. The number of ether oxygens (including phenoxy) is 2. The molecule has 0 aromatic carbocycles. The van der Waals surface area contributed by atoms with Crippen LogP contribution in [-0.4, -0.2) is 82.3 Å². The van der Waals surface area contributed by atoms with Crippen molar-refractivity contribution in [3.63, 3.8) is 0 Å². The molecule has 43 heavy (non-hydrogen) atoms. The van der Waals surface area contributed by atoms with E-state index in [-0.39, 0.29) is 5.17 Å². The predicted octanol–water partition coefficient (Wildman–Crippen LogP) is 5.93. The fourth-order valence-corrected chi connectivity index (χ4v) is 23.6. The number of hydrogen-bond donors (Lipinski definition) is 1. The van der Waals surface area contributed by atoms with Crippen LogP contribution in [0.5, 0.6) is 0 Å². The minimum atomic E-state index is -2.49. The molecule has 2 saturated heterocycles. The molecule has 3 aromatic heterocycles. The number of nitrogens with two attached hydrogens (primary N) is 1. The van der Waals surface area contributed by atoms with Crippen LogP contribution in [-0.2, 0) is 18.3 Å². The lowest BCUT2D eigenvalue weighted by molar-refractivity contribution is -0.0541. The molecule has 236 valence electrons. The molecular weight excluding hydrogens is 619 g/mol. The van der Waals surface area contributed by atoms with Gasteiger partial charge in [-0.1, -0.05) is 55.4 Å². The second-order valence-corrected chi connectivity index (χ2v) is 24.4. The highest BCUT2D eigenvalue weighted by Crippen LogP contribution is 2.51. The Labute approximate surface area is 265 Å². The fourth-order valence-electron chi connectivity index (χ4n) is 6.91. The van der Waals surface area contributed by atoms with Gasteiger partial charge >= 0.3 is 0 Å². The number of thioether (sulfide) groups is 1. The van der Waals surface area contributed by atoms with Gasteiger partial charge in [0, 0.05) is 12.4 Å². The van der Waals surface area contributed by atoms with Crippen LogP contribution in [0, 0.1) is 0 Å². The quantitative estimate of drug-likeness (QED) is 0.184. The van der Waals surface area contributed by atoms with E-state index < -0.39 is 41.2 Å². The molecule has 2 N–H and O–H groups in total. The minimum absolute atomic E-state index is 0.258. The zero-order valence-corrected chi connectivity index (χ0v) is 30.2. The van der Waals surface area contributed by atoms with Crippen molar-refractivity contribution in [2.45, 2.75) is 113 Å². The van der Waals surface area contributed by atoms with Gasteiger partial charge in [0.2, 0.25) is 0 Å². The van der Waals surface area contributed by atoms with Crippen molar-refractivity contribution < 1.29 is 18.3 Å². The summed E-state index contributed by atoms with van der Waals surface area (Å²) in [4.78, 5) is 13.0. The molecule has 2 aliphatic heterocycles. The van der Waals surface area contributed by atoms with E-state index in [0.717, 1.165) is 5.67 Å². The van der Waals surface area contributed by atoms with Gasteiger partial charge in [0.15, 0.2) is 34.6 Å². The van der Waals surface area contributed by atoms with Crippen molar-refractivity contribution in [2.75, 3.05) is 18.6 Å². The topological polar surface area (TPSA) is 124 Å². The van der Waals surface area contributed by atoms with Crippen molar-refractivity contribution in [1.29, 1.82) is 0 Å². The molecule has 11 nitrogen and oxygen atoms in total. The number of anilines is 1. The minimum Gasteiger partial charge on any atom is -0.459 e. The highest BCUT2D eigenvalue weighted by atomic mass is 32.2. The van der Waals surface area contributed by atoms with E-state index in [9.17, 15) is 0 Å². The Morgan fingerprint density at radius 1 is 1.07 bits per heavy atom. The lowest BCUT2D eigenvalue weighted by Crippen LogP contribution is -2.63. The zero-order chi connectivity index (χ0) is 31.3. The number of thiocarbonyl (C=S) groups is 1. The molecule has 0 bridgehead atoms. The standard InChI is InChI=1S/C28H45N7O4S2Si2/c1-16(2)42(17(3)4)15-43(18(5)6,19(7)8)39-22-20(12-36-42)37-27(23(22)38-28(40)34-11-10-30-14-34)35-25-21(26(33-35)41-9)24(29)31-13-32-25/h10-11,13-14,16-20,22-23,27H,12,15H2,1-9H3,(H2,29,31,32)/t20-,22+,23+,27+/m0/s1. The molecule has 2 fully saturated rings. The summed E-state index contributed by atoms with van der Waals surface area (Å²) in [6, 6.07) is 0. The van der Waals surface area contributed by atoms with Gasteiger partial charge in [-0.25, -0.2) is 19.6 Å². The van der Waals surface area contributed by atoms with Crippen molar-refractivity contribution in [2.24, 2.45) is 0 Å². The van der Waals surface area contributed by atoms with Gasteiger partial charge in [-0.2, -0.15) is 5.10 Å². The van der Waals surface area contributed by atoms with E-state index in [2.05, 4.69) is 70.3 Å². The lowest BCUT2D eigenvalue weighted by Gasteiger charge is -2.51. The monoisotopic (exact) mass is 663 g/mol.